The van der Waals surface area contributed by atoms with Crippen LogP contribution in [0.2, 0.25) is 0 Å². The largest absolute Gasteiger partial charge is 0.494 e. The van der Waals surface area contributed by atoms with E-state index in [4.69, 9.17) is 10.5 Å². The minimum atomic E-state index is -0.423. The van der Waals surface area contributed by atoms with Gasteiger partial charge in [-0.25, -0.2) is 9.38 Å². The molecular weight excluding hydrogens is 259 g/mol. The lowest BCUT2D eigenvalue weighted by Crippen LogP contribution is -2.04. The van der Waals surface area contributed by atoms with Gasteiger partial charge in [0.25, 0.3) is 0 Å². The third-order valence-corrected chi connectivity index (χ3v) is 2.98. The zero-order valence-corrected chi connectivity index (χ0v) is 11.9. The molecule has 0 aliphatic heterocycles. The Labute approximate surface area is 116 Å². The number of aryl methyl sites for hydroxylation is 2. The lowest BCUT2D eigenvalue weighted by Gasteiger charge is -2.09. The van der Waals surface area contributed by atoms with Gasteiger partial charge in [-0.15, -0.1) is 0 Å². The summed E-state index contributed by atoms with van der Waals surface area (Å²) in [6, 6.07) is 3.08. The molecule has 1 aromatic heterocycles. The third-order valence-electron chi connectivity index (χ3n) is 2.98. The van der Waals surface area contributed by atoms with E-state index < -0.39 is 5.82 Å². The minimum absolute atomic E-state index is 0.215. The molecule has 0 unspecified atom stereocenters. The Morgan fingerprint density at radius 2 is 2.10 bits per heavy atom. The number of nitrogens with zero attached hydrogens (tertiary/aromatic N) is 2. The fourth-order valence-corrected chi connectivity index (χ4v) is 2.07. The van der Waals surface area contributed by atoms with Crippen LogP contribution in [0, 0.1) is 19.7 Å². The number of nitrogens with one attached hydrogen (secondary N) is 1. The van der Waals surface area contributed by atoms with Crippen molar-refractivity contribution in [3.63, 3.8) is 0 Å². The Morgan fingerprint density at radius 1 is 1.40 bits per heavy atom. The van der Waals surface area contributed by atoms with Gasteiger partial charge in [-0.2, -0.15) is 5.10 Å². The molecule has 0 saturated heterocycles. The van der Waals surface area contributed by atoms with Gasteiger partial charge in [-0.05, 0) is 44.0 Å². The number of rotatable bonds is 3. The van der Waals surface area contributed by atoms with Crippen molar-refractivity contribution in [3.05, 3.63) is 29.2 Å². The van der Waals surface area contributed by atoms with Crippen LogP contribution in [0.25, 0.3) is 11.1 Å². The number of hydrogen-bond acceptors (Lipinski definition) is 3. The molecule has 0 fully saturated rings. The van der Waals surface area contributed by atoms with Crippen molar-refractivity contribution in [2.75, 3.05) is 7.11 Å². The molecule has 0 saturated carbocycles. The lowest BCUT2D eigenvalue weighted by molar-refractivity contribution is 0.386. The summed E-state index contributed by atoms with van der Waals surface area (Å²) in [5, 5.41) is 6.95. The molecule has 0 bridgehead atoms. The first-order valence-electron chi connectivity index (χ1n) is 6.14. The molecule has 0 aliphatic rings. The average molecular weight is 276 g/mol. The van der Waals surface area contributed by atoms with E-state index in [9.17, 15) is 4.39 Å². The summed E-state index contributed by atoms with van der Waals surface area (Å²) in [6.45, 7) is 5.41. The van der Waals surface area contributed by atoms with Crippen LogP contribution in [-0.4, -0.2) is 23.1 Å². The maximum Gasteiger partial charge on any atom is 0.183 e. The van der Waals surface area contributed by atoms with Gasteiger partial charge in [-0.1, -0.05) is 0 Å². The van der Waals surface area contributed by atoms with Crippen LogP contribution in [0.3, 0.4) is 0 Å². The molecule has 0 aliphatic carbocycles. The monoisotopic (exact) mass is 276 g/mol. The Bertz CT molecular complexity index is 672. The van der Waals surface area contributed by atoms with Crippen molar-refractivity contribution < 1.29 is 9.13 Å². The van der Waals surface area contributed by atoms with E-state index in [0.717, 1.165) is 22.4 Å². The van der Waals surface area contributed by atoms with Gasteiger partial charge in [0.2, 0.25) is 0 Å². The molecule has 0 atom stereocenters. The van der Waals surface area contributed by atoms with Crippen LogP contribution in [0.5, 0.6) is 5.75 Å². The smallest absolute Gasteiger partial charge is 0.183 e. The lowest BCUT2D eigenvalue weighted by atomic mass is 10.00. The van der Waals surface area contributed by atoms with Gasteiger partial charge in [-0.3, -0.25) is 5.10 Å². The summed E-state index contributed by atoms with van der Waals surface area (Å²) in [7, 11) is 1.44. The standard InChI is InChI=1S/C14H17FN4O/c1-7-5-12(20-4)11(15)6-10(7)13-8(2)18-19-14(13)17-9(3)16/h5-6H,1-4H3,(H3,16,17,18,19). The maximum absolute atomic E-state index is 13.9. The Morgan fingerprint density at radius 3 is 2.70 bits per heavy atom. The second-order valence-corrected chi connectivity index (χ2v) is 4.60. The van der Waals surface area contributed by atoms with E-state index >= 15 is 0 Å². The van der Waals surface area contributed by atoms with Crippen LogP contribution in [0.15, 0.2) is 17.1 Å². The number of nitrogens with two attached hydrogens (primary N) is 1. The van der Waals surface area contributed by atoms with E-state index in [0.29, 0.717) is 11.7 Å². The molecule has 6 heteroatoms. The van der Waals surface area contributed by atoms with Crippen LogP contribution in [0.4, 0.5) is 10.2 Å². The molecule has 1 aromatic carbocycles. The van der Waals surface area contributed by atoms with Gasteiger partial charge in [0.1, 0.15) is 0 Å². The molecule has 0 amide bonds. The zero-order chi connectivity index (χ0) is 14.9. The van der Waals surface area contributed by atoms with Gasteiger partial charge in [0.15, 0.2) is 17.4 Å². The maximum atomic E-state index is 13.9. The molecule has 1 heterocycles. The summed E-state index contributed by atoms with van der Waals surface area (Å²) in [5.41, 5.74) is 8.74. The minimum Gasteiger partial charge on any atom is -0.494 e. The molecule has 2 aromatic rings. The fourth-order valence-electron chi connectivity index (χ4n) is 2.07. The van der Waals surface area contributed by atoms with Crippen LogP contribution >= 0.6 is 0 Å². The Hall–Kier alpha value is -2.37. The summed E-state index contributed by atoms with van der Waals surface area (Å²) in [6.07, 6.45) is 0. The first-order chi connectivity index (χ1) is 9.43. The molecule has 106 valence electrons. The number of aliphatic imine (C=N–C) groups is 1. The van der Waals surface area contributed by atoms with Crippen LogP contribution in [-0.2, 0) is 0 Å². The fraction of sp³-hybridized carbons (Fsp3) is 0.286. The average Bonchev–Trinajstić information content (AvgIpc) is 2.72. The molecule has 20 heavy (non-hydrogen) atoms. The van der Waals surface area contributed by atoms with Crippen LogP contribution < -0.4 is 10.5 Å². The number of aromatic nitrogens is 2. The van der Waals surface area contributed by atoms with Crippen molar-refractivity contribution >= 4 is 11.7 Å². The van der Waals surface area contributed by atoms with Gasteiger partial charge >= 0.3 is 0 Å². The Balaban J connectivity index is 2.66. The molecule has 2 rings (SSSR count). The quantitative estimate of drug-likeness (QED) is 0.668. The molecule has 0 radical (unpaired) electrons. The molecule has 0 spiro atoms. The molecule has 3 N–H and O–H groups in total. The number of methoxy groups -OCH3 is 1. The number of H-pyrrole nitrogens is 1. The van der Waals surface area contributed by atoms with Crippen molar-refractivity contribution in [2.24, 2.45) is 10.7 Å². The number of ether oxygens (including phenoxy) is 1. The van der Waals surface area contributed by atoms with Crippen molar-refractivity contribution in [1.29, 1.82) is 0 Å². The predicted molar refractivity (Wildman–Crippen MR) is 77.0 cm³/mol. The summed E-state index contributed by atoms with van der Waals surface area (Å²) in [5.74, 6) is 0.639. The summed E-state index contributed by atoms with van der Waals surface area (Å²) >= 11 is 0. The summed E-state index contributed by atoms with van der Waals surface area (Å²) in [4.78, 5) is 4.17. The SMILES string of the molecule is COc1cc(C)c(-c2c(N=C(C)N)n[nH]c2C)cc1F. The highest BCUT2D eigenvalue weighted by Crippen LogP contribution is 2.36. The van der Waals surface area contributed by atoms with Crippen molar-refractivity contribution in [2.45, 2.75) is 20.8 Å². The molecular formula is C14H17FN4O. The number of amidine groups is 1. The normalized spacial score (nSPS) is 11.8. The number of benzene rings is 1. The number of hydrogen-bond donors (Lipinski definition) is 2. The van der Waals surface area contributed by atoms with Crippen LogP contribution in [0.1, 0.15) is 18.2 Å². The third kappa shape index (κ3) is 2.49. The first kappa shape index (κ1) is 14.0. The zero-order valence-electron chi connectivity index (χ0n) is 11.9. The van der Waals surface area contributed by atoms with Crippen molar-refractivity contribution in [3.8, 4) is 16.9 Å². The highest BCUT2D eigenvalue weighted by atomic mass is 19.1. The van der Waals surface area contributed by atoms with E-state index in [1.807, 2.05) is 13.8 Å². The topological polar surface area (TPSA) is 76.3 Å². The van der Waals surface area contributed by atoms with E-state index in [1.165, 1.54) is 13.2 Å². The first-order valence-corrected chi connectivity index (χ1v) is 6.14. The highest BCUT2D eigenvalue weighted by Gasteiger charge is 2.17. The second kappa shape index (κ2) is 5.32. The summed E-state index contributed by atoms with van der Waals surface area (Å²) < 4.78 is 18.9. The predicted octanol–water partition coefficient (Wildman–Crippen LogP) is 2.85. The van der Waals surface area contributed by atoms with Crippen molar-refractivity contribution in [1.82, 2.24) is 10.2 Å². The van der Waals surface area contributed by atoms with E-state index in [2.05, 4.69) is 15.2 Å². The number of aromatic amines is 1. The second-order valence-electron chi connectivity index (χ2n) is 4.60. The van der Waals surface area contributed by atoms with Gasteiger partial charge in [0, 0.05) is 11.3 Å². The number of halogens is 1. The highest BCUT2D eigenvalue weighted by molar-refractivity contribution is 5.85. The molecule has 5 nitrogen and oxygen atoms in total. The Kier molecular flexibility index (Phi) is 3.74. The van der Waals surface area contributed by atoms with E-state index in [1.54, 1.807) is 13.0 Å². The van der Waals surface area contributed by atoms with Gasteiger partial charge < -0.3 is 10.5 Å². The van der Waals surface area contributed by atoms with E-state index in [-0.39, 0.29) is 5.75 Å². The van der Waals surface area contributed by atoms with Gasteiger partial charge in [0.05, 0.1) is 12.9 Å².